The second kappa shape index (κ2) is 4.07. The fourth-order valence-corrected chi connectivity index (χ4v) is 2.23. The number of nitrogens with one attached hydrogen (secondary N) is 1. The van der Waals surface area contributed by atoms with Crippen LogP contribution >= 0.6 is 11.3 Å². The Hall–Kier alpha value is -1.66. The minimum absolute atomic E-state index is 0.672. The van der Waals surface area contributed by atoms with Crippen LogP contribution in [0.3, 0.4) is 0 Å². The third-order valence-corrected chi connectivity index (χ3v) is 3.01. The number of thiazole rings is 1. The summed E-state index contributed by atoms with van der Waals surface area (Å²) < 4.78 is 7.00. The smallest absolute Gasteiger partial charge is 0.193 e. The van der Waals surface area contributed by atoms with Gasteiger partial charge in [0.15, 0.2) is 4.96 Å². The van der Waals surface area contributed by atoms with Gasteiger partial charge in [-0.1, -0.05) is 5.16 Å². The van der Waals surface area contributed by atoms with E-state index in [-0.39, 0.29) is 0 Å². The lowest BCUT2D eigenvalue weighted by atomic mass is 10.4. The highest BCUT2D eigenvalue weighted by molar-refractivity contribution is 7.15. The molecule has 3 aromatic heterocycles. The molecule has 0 aliphatic rings. The average Bonchev–Trinajstić information content (AvgIpc) is 2.91. The third kappa shape index (κ3) is 1.84. The molecule has 0 spiro atoms. The van der Waals surface area contributed by atoms with Gasteiger partial charge < -0.3 is 9.84 Å². The molecule has 0 amide bonds. The summed E-state index contributed by atoms with van der Waals surface area (Å²) in [5.41, 5.74) is 1.03. The Bertz CT molecular complexity index is 540. The lowest BCUT2D eigenvalue weighted by Gasteiger charge is -1.97. The van der Waals surface area contributed by atoms with Crippen molar-refractivity contribution in [3.63, 3.8) is 0 Å². The van der Waals surface area contributed by atoms with Crippen molar-refractivity contribution in [3.8, 4) is 0 Å². The molecule has 0 bridgehead atoms. The van der Waals surface area contributed by atoms with Crippen LogP contribution in [0.2, 0.25) is 0 Å². The molecule has 0 saturated carbocycles. The summed E-state index contributed by atoms with van der Waals surface area (Å²) in [6, 6.07) is 1.85. The molecule has 0 aliphatic carbocycles. The summed E-state index contributed by atoms with van der Waals surface area (Å²) >= 11 is 1.63. The number of hydrogen-bond acceptors (Lipinski definition) is 5. The molecule has 0 fully saturated rings. The maximum Gasteiger partial charge on any atom is 0.193 e. The highest BCUT2D eigenvalue weighted by atomic mass is 32.1. The Balaban J connectivity index is 1.61. The molecule has 6 heteroatoms. The van der Waals surface area contributed by atoms with Crippen LogP contribution in [0.15, 0.2) is 34.6 Å². The highest BCUT2D eigenvalue weighted by Gasteiger charge is 2.02. The SMILES string of the molecule is c1cc(CNCc2cn3ccsc3n2)on1. The average molecular weight is 234 g/mol. The molecule has 3 aromatic rings. The van der Waals surface area contributed by atoms with E-state index in [1.165, 1.54) is 0 Å². The molecule has 3 rings (SSSR count). The number of rotatable bonds is 4. The maximum atomic E-state index is 4.98. The predicted octanol–water partition coefficient (Wildman–Crippen LogP) is 1.67. The number of fused-ring (bicyclic) bond motifs is 1. The molecule has 0 saturated heterocycles. The fourth-order valence-electron chi connectivity index (χ4n) is 1.51. The highest BCUT2D eigenvalue weighted by Crippen LogP contribution is 2.11. The fraction of sp³-hybridized carbons (Fsp3) is 0.200. The summed E-state index contributed by atoms with van der Waals surface area (Å²) in [4.78, 5) is 5.49. The first-order valence-electron chi connectivity index (χ1n) is 4.93. The zero-order chi connectivity index (χ0) is 10.8. The zero-order valence-corrected chi connectivity index (χ0v) is 9.28. The van der Waals surface area contributed by atoms with Crippen LogP contribution in [0.25, 0.3) is 4.96 Å². The van der Waals surface area contributed by atoms with E-state index in [0.29, 0.717) is 6.54 Å². The van der Waals surface area contributed by atoms with E-state index in [1.807, 2.05) is 28.2 Å². The predicted molar refractivity (Wildman–Crippen MR) is 60.1 cm³/mol. The normalized spacial score (nSPS) is 11.2. The van der Waals surface area contributed by atoms with E-state index in [1.54, 1.807) is 17.5 Å². The minimum Gasteiger partial charge on any atom is -0.360 e. The molecule has 5 nitrogen and oxygen atoms in total. The van der Waals surface area contributed by atoms with Crippen LogP contribution in [0, 0.1) is 0 Å². The van der Waals surface area contributed by atoms with E-state index < -0.39 is 0 Å². The number of nitrogens with zero attached hydrogens (tertiary/aromatic N) is 3. The maximum absolute atomic E-state index is 4.98. The van der Waals surface area contributed by atoms with Crippen molar-refractivity contribution in [1.82, 2.24) is 19.9 Å². The van der Waals surface area contributed by atoms with Gasteiger partial charge in [0, 0.05) is 30.4 Å². The van der Waals surface area contributed by atoms with Gasteiger partial charge in [0.2, 0.25) is 0 Å². The van der Waals surface area contributed by atoms with E-state index in [0.717, 1.165) is 23.0 Å². The van der Waals surface area contributed by atoms with Crippen LogP contribution < -0.4 is 5.32 Å². The van der Waals surface area contributed by atoms with E-state index in [4.69, 9.17) is 4.52 Å². The van der Waals surface area contributed by atoms with Gasteiger partial charge in [0.25, 0.3) is 0 Å². The van der Waals surface area contributed by atoms with E-state index in [9.17, 15) is 0 Å². The first-order valence-corrected chi connectivity index (χ1v) is 5.81. The summed E-state index contributed by atoms with van der Waals surface area (Å²) in [5, 5.41) is 8.91. The second-order valence-corrected chi connectivity index (χ2v) is 4.28. The molecular weight excluding hydrogens is 224 g/mol. The van der Waals surface area contributed by atoms with Crippen molar-refractivity contribution >= 4 is 16.3 Å². The summed E-state index contributed by atoms with van der Waals surface area (Å²) in [5.74, 6) is 0.834. The Morgan fingerprint density at radius 3 is 3.25 bits per heavy atom. The zero-order valence-electron chi connectivity index (χ0n) is 8.46. The van der Waals surface area contributed by atoms with Gasteiger partial charge >= 0.3 is 0 Å². The van der Waals surface area contributed by atoms with Gasteiger partial charge in [-0.05, 0) is 0 Å². The van der Waals surface area contributed by atoms with Gasteiger partial charge in [-0.15, -0.1) is 11.3 Å². The van der Waals surface area contributed by atoms with Gasteiger partial charge in [-0.2, -0.15) is 0 Å². The van der Waals surface area contributed by atoms with Crippen molar-refractivity contribution < 1.29 is 4.52 Å². The standard InChI is InChI=1S/C10H10N4OS/c1-2-12-15-9(1)6-11-5-8-7-14-3-4-16-10(14)13-8/h1-4,7,11H,5-6H2. The summed E-state index contributed by atoms with van der Waals surface area (Å²) in [7, 11) is 0. The lowest BCUT2D eigenvalue weighted by Crippen LogP contribution is -2.12. The second-order valence-electron chi connectivity index (χ2n) is 3.41. The summed E-state index contributed by atoms with van der Waals surface area (Å²) in [6.07, 6.45) is 5.68. The van der Waals surface area contributed by atoms with Crippen molar-refractivity contribution in [2.45, 2.75) is 13.1 Å². The van der Waals surface area contributed by atoms with Crippen LogP contribution in [0.4, 0.5) is 0 Å². The van der Waals surface area contributed by atoms with Crippen molar-refractivity contribution in [3.05, 3.63) is 41.5 Å². The number of imidazole rings is 1. The number of aromatic nitrogens is 3. The molecule has 0 atom stereocenters. The van der Waals surface area contributed by atoms with Crippen molar-refractivity contribution in [1.29, 1.82) is 0 Å². The van der Waals surface area contributed by atoms with E-state index >= 15 is 0 Å². The monoisotopic (exact) mass is 234 g/mol. The van der Waals surface area contributed by atoms with Crippen LogP contribution in [0.5, 0.6) is 0 Å². The quantitative estimate of drug-likeness (QED) is 0.746. The third-order valence-electron chi connectivity index (χ3n) is 2.24. The Morgan fingerprint density at radius 1 is 1.44 bits per heavy atom. The molecular formula is C10H10N4OS. The van der Waals surface area contributed by atoms with Gasteiger partial charge in [0.05, 0.1) is 18.4 Å². The topological polar surface area (TPSA) is 55.4 Å². The lowest BCUT2D eigenvalue weighted by molar-refractivity contribution is 0.372. The Kier molecular flexibility index (Phi) is 2.43. The Labute approximate surface area is 95.7 Å². The van der Waals surface area contributed by atoms with Gasteiger partial charge in [-0.3, -0.25) is 4.40 Å². The van der Waals surface area contributed by atoms with Gasteiger partial charge in [-0.25, -0.2) is 4.98 Å². The number of hydrogen-bond donors (Lipinski definition) is 1. The molecule has 0 unspecified atom stereocenters. The Morgan fingerprint density at radius 2 is 2.44 bits per heavy atom. The largest absolute Gasteiger partial charge is 0.360 e. The molecule has 82 valence electrons. The van der Waals surface area contributed by atoms with E-state index in [2.05, 4.69) is 15.5 Å². The molecule has 0 aliphatic heterocycles. The minimum atomic E-state index is 0.672. The van der Waals surface area contributed by atoms with Crippen molar-refractivity contribution in [2.24, 2.45) is 0 Å². The molecule has 3 heterocycles. The van der Waals surface area contributed by atoms with Crippen LogP contribution in [-0.2, 0) is 13.1 Å². The molecule has 0 radical (unpaired) electrons. The molecule has 1 N–H and O–H groups in total. The first-order chi connectivity index (χ1) is 7.92. The summed E-state index contributed by atoms with van der Waals surface area (Å²) in [6.45, 7) is 1.40. The molecule has 0 aromatic carbocycles. The van der Waals surface area contributed by atoms with Gasteiger partial charge in [0.1, 0.15) is 5.76 Å². The first kappa shape index (κ1) is 9.56. The van der Waals surface area contributed by atoms with Crippen LogP contribution in [-0.4, -0.2) is 14.5 Å². The molecule has 16 heavy (non-hydrogen) atoms. The van der Waals surface area contributed by atoms with Crippen LogP contribution in [0.1, 0.15) is 11.5 Å². The van der Waals surface area contributed by atoms with Crippen molar-refractivity contribution in [2.75, 3.05) is 0 Å².